The molecule has 1 aliphatic carbocycles. The summed E-state index contributed by atoms with van der Waals surface area (Å²) in [6.45, 7) is 1.03. The number of aromatic amines is 1. The lowest BCUT2D eigenvalue weighted by atomic mass is 9.91. The van der Waals surface area contributed by atoms with E-state index in [-0.39, 0.29) is 35.1 Å². The van der Waals surface area contributed by atoms with Gasteiger partial charge in [-0.2, -0.15) is 5.10 Å². The Balaban J connectivity index is 1.16. The smallest absolute Gasteiger partial charge is 0.407 e. The zero-order chi connectivity index (χ0) is 24.1. The second-order valence-corrected chi connectivity index (χ2v) is 8.84. The molecule has 10 nitrogen and oxygen atoms in total. The summed E-state index contributed by atoms with van der Waals surface area (Å²) in [7, 11) is 0. The molecule has 1 saturated carbocycles. The molecule has 2 aliphatic rings. The van der Waals surface area contributed by atoms with Crippen LogP contribution in [0.2, 0.25) is 5.02 Å². The summed E-state index contributed by atoms with van der Waals surface area (Å²) >= 11 is 6.06. The van der Waals surface area contributed by atoms with Crippen LogP contribution in [-0.2, 0) is 4.74 Å². The molecule has 3 amide bonds. The van der Waals surface area contributed by atoms with Gasteiger partial charge in [-0.3, -0.25) is 4.79 Å². The molecule has 1 saturated heterocycles. The normalized spacial score (nSPS) is 22.2. The number of halogens is 2. The average Bonchev–Trinajstić information content (AvgIpc) is 3.26. The molecule has 4 N–H and O–H groups in total. The van der Waals surface area contributed by atoms with E-state index >= 15 is 0 Å². The summed E-state index contributed by atoms with van der Waals surface area (Å²) in [6, 6.07) is 5.17. The third kappa shape index (κ3) is 6.16. The number of alkyl carbamates (subject to hydrolysis) is 1. The van der Waals surface area contributed by atoms with Crippen LogP contribution in [0.3, 0.4) is 0 Å². The number of hydrogen-bond donors (Lipinski definition) is 4. The minimum absolute atomic E-state index is 0.00899. The SMILES string of the molecule is O=C(Nc1ccc(F)cc1)NC1CCC(NC(=O)O[C@@H]2CCN(c3cn[nH]c(=O)c3Cl)C2)CC1. The first-order valence-corrected chi connectivity index (χ1v) is 11.5. The fraction of sp³-hybridized carbons (Fsp3) is 0.455. The molecular weight excluding hydrogens is 467 g/mol. The third-order valence-electron chi connectivity index (χ3n) is 6.02. The van der Waals surface area contributed by atoms with E-state index in [0.29, 0.717) is 56.6 Å². The predicted octanol–water partition coefficient (Wildman–Crippen LogP) is 3.00. The van der Waals surface area contributed by atoms with Gasteiger partial charge in [0, 0.05) is 30.7 Å². The standard InChI is InChI=1S/C22H26ClFN6O4/c23-19-18(11-25-29-20(19)31)30-10-9-17(12-30)34-22(33)28-16-7-5-15(6-8-16)27-21(32)26-14-3-1-13(24)2-4-14/h1-4,11,15-17H,5-10,12H2,(H,28,33)(H,29,31)(H2,26,27,32)/t15?,16?,17-/m1/s1. The highest BCUT2D eigenvalue weighted by Gasteiger charge is 2.29. The van der Waals surface area contributed by atoms with Crippen molar-refractivity contribution in [3.8, 4) is 0 Å². The Bertz CT molecular complexity index is 1070. The molecule has 1 atom stereocenters. The highest BCUT2D eigenvalue weighted by atomic mass is 35.5. The Hall–Kier alpha value is -3.34. The zero-order valence-corrected chi connectivity index (χ0v) is 19.1. The first kappa shape index (κ1) is 23.8. The van der Waals surface area contributed by atoms with Crippen LogP contribution in [0, 0.1) is 5.82 Å². The number of carbonyl (C=O) groups excluding carboxylic acids is 2. The number of urea groups is 1. The number of nitrogens with zero attached hydrogens (tertiary/aromatic N) is 2. The molecule has 4 rings (SSSR count). The van der Waals surface area contributed by atoms with Crippen molar-refractivity contribution in [1.29, 1.82) is 0 Å². The highest BCUT2D eigenvalue weighted by Crippen LogP contribution is 2.26. The van der Waals surface area contributed by atoms with Crippen molar-refractivity contribution in [3.63, 3.8) is 0 Å². The van der Waals surface area contributed by atoms with Gasteiger partial charge in [0.05, 0.1) is 18.4 Å². The maximum atomic E-state index is 13.0. The van der Waals surface area contributed by atoms with Gasteiger partial charge in [0.2, 0.25) is 0 Å². The van der Waals surface area contributed by atoms with Crippen LogP contribution in [0.25, 0.3) is 0 Å². The summed E-state index contributed by atoms with van der Waals surface area (Å²) in [5, 5.41) is 14.6. The fourth-order valence-corrected chi connectivity index (χ4v) is 4.47. The van der Waals surface area contributed by atoms with Crippen molar-refractivity contribution >= 4 is 35.1 Å². The monoisotopic (exact) mass is 492 g/mol. The quantitative estimate of drug-likeness (QED) is 0.508. The average molecular weight is 493 g/mol. The molecule has 12 heteroatoms. The number of aromatic nitrogens is 2. The molecule has 0 unspecified atom stereocenters. The molecule has 1 aromatic carbocycles. The number of benzene rings is 1. The van der Waals surface area contributed by atoms with Crippen LogP contribution in [0.4, 0.5) is 25.4 Å². The molecule has 182 valence electrons. The van der Waals surface area contributed by atoms with Crippen LogP contribution in [-0.4, -0.2) is 53.6 Å². The predicted molar refractivity (Wildman–Crippen MR) is 125 cm³/mol. The van der Waals surface area contributed by atoms with E-state index < -0.39 is 11.7 Å². The zero-order valence-electron chi connectivity index (χ0n) is 18.4. The van der Waals surface area contributed by atoms with Crippen molar-refractivity contribution in [2.24, 2.45) is 0 Å². The lowest BCUT2D eigenvalue weighted by Crippen LogP contribution is -2.45. The first-order chi connectivity index (χ1) is 16.4. The van der Waals surface area contributed by atoms with Crippen LogP contribution in [0.15, 0.2) is 35.3 Å². The van der Waals surface area contributed by atoms with E-state index in [1.54, 1.807) is 0 Å². The van der Waals surface area contributed by atoms with Crippen LogP contribution < -0.4 is 26.4 Å². The Morgan fingerprint density at radius 3 is 2.47 bits per heavy atom. The van der Waals surface area contributed by atoms with E-state index in [4.69, 9.17) is 16.3 Å². The first-order valence-electron chi connectivity index (χ1n) is 11.2. The van der Waals surface area contributed by atoms with Crippen LogP contribution in [0.1, 0.15) is 32.1 Å². The van der Waals surface area contributed by atoms with Crippen molar-refractivity contribution in [1.82, 2.24) is 20.8 Å². The van der Waals surface area contributed by atoms with Crippen molar-refractivity contribution in [3.05, 3.63) is 51.7 Å². The van der Waals surface area contributed by atoms with Gasteiger partial charge >= 0.3 is 12.1 Å². The summed E-state index contributed by atoms with van der Waals surface area (Å²) in [6.07, 6.45) is 4.16. The Kier molecular flexibility index (Phi) is 7.51. The fourth-order valence-electron chi connectivity index (χ4n) is 4.26. The molecule has 1 aliphatic heterocycles. The number of H-pyrrole nitrogens is 1. The highest BCUT2D eigenvalue weighted by molar-refractivity contribution is 6.33. The second-order valence-electron chi connectivity index (χ2n) is 8.46. The molecule has 1 aromatic heterocycles. The van der Waals surface area contributed by atoms with Crippen molar-refractivity contribution in [2.45, 2.75) is 50.3 Å². The largest absolute Gasteiger partial charge is 0.444 e. The van der Waals surface area contributed by atoms with E-state index in [2.05, 4.69) is 26.1 Å². The maximum absolute atomic E-state index is 13.0. The number of amides is 3. The lowest BCUT2D eigenvalue weighted by molar-refractivity contribution is 0.102. The molecule has 34 heavy (non-hydrogen) atoms. The molecular formula is C22H26ClFN6O4. The van der Waals surface area contributed by atoms with Crippen molar-refractivity contribution < 1.29 is 18.7 Å². The topological polar surface area (TPSA) is 128 Å². The van der Waals surface area contributed by atoms with Crippen molar-refractivity contribution in [2.75, 3.05) is 23.3 Å². The van der Waals surface area contributed by atoms with E-state index in [1.807, 2.05) is 4.90 Å². The van der Waals surface area contributed by atoms with Gasteiger partial charge < -0.3 is 25.6 Å². The molecule has 0 bridgehead atoms. The number of rotatable bonds is 5. The lowest BCUT2D eigenvalue weighted by Gasteiger charge is -2.29. The molecule has 2 aromatic rings. The van der Waals surface area contributed by atoms with Gasteiger partial charge in [-0.25, -0.2) is 19.1 Å². The van der Waals surface area contributed by atoms with E-state index in [9.17, 15) is 18.8 Å². The second kappa shape index (κ2) is 10.7. The van der Waals surface area contributed by atoms with Gasteiger partial charge in [-0.1, -0.05) is 11.6 Å². The summed E-state index contributed by atoms with van der Waals surface area (Å²) in [4.78, 5) is 38.0. The van der Waals surface area contributed by atoms with Crippen LogP contribution >= 0.6 is 11.6 Å². The number of ether oxygens (including phenoxy) is 1. The van der Waals surface area contributed by atoms with Gasteiger partial charge in [0.1, 0.15) is 16.9 Å². The number of carbonyl (C=O) groups is 2. The third-order valence-corrected chi connectivity index (χ3v) is 6.39. The van der Waals surface area contributed by atoms with E-state index in [1.165, 1.54) is 30.5 Å². The van der Waals surface area contributed by atoms with Gasteiger partial charge in [0.25, 0.3) is 5.56 Å². The van der Waals surface area contributed by atoms with E-state index in [0.717, 1.165) is 0 Å². The summed E-state index contributed by atoms with van der Waals surface area (Å²) in [5.41, 5.74) is 0.575. The maximum Gasteiger partial charge on any atom is 0.407 e. The number of nitrogens with one attached hydrogen (secondary N) is 4. The Labute approximate surface area is 200 Å². The van der Waals surface area contributed by atoms with Gasteiger partial charge in [-0.15, -0.1) is 0 Å². The minimum Gasteiger partial charge on any atom is -0.444 e. The van der Waals surface area contributed by atoms with Gasteiger partial charge in [0.15, 0.2) is 0 Å². The van der Waals surface area contributed by atoms with Crippen LogP contribution in [0.5, 0.6) is 0 Å². The number of anilines is 2. The summed E-state index contributed by atoms with van der Waals surface area (Å²) < 4.78 is 18.5. The molecule has 2 fully saturated rings. The van der Waals surface area contributed by atoms with Gasteiger partial charge in [-0.05, 0) is 49.9 Å². The number of hydrogen-bond acceptors (Lipinski definition) is 6. The molecule has 0 spiro atoms. The Morgan fingerprint density at radius 1 is 1.09 bits per heavy atom. The molecule has 0 radical (unpaired) electrons. The Morgan fingerprint density at radius 2 is 1.76 bits per heavy atom. The summed E-state index contributed by atoms with van der Waals surface area (Å²) in [5.74, 6) is -0.366. The molecule has 2 heterocycles. The minimum atomic E-state index is -0.479.